The summed E-state index contributed by atoms with van der Waals surface area (Å²) in [7, 11) is 0. The Labute approximate surface area is 109 Å². The lowest BCUT2D eigenvalue weighted by Gasteiger charge is -2.36. The lowest BCUT2D eigenvalue weighted by molar-refractivity contribution is -0.0109. The molecule has 4 nitrogen and oxygen atoms in total. The average molecular weight is 299 g/mol. The van der Waals surface area contributed by atoms with E-state index in [1.165, 1.54) is 0 Å². The molecule has 1 aliphatic heterocycles. The van der Waals surface area contributed by atoms with Gasteiger partial charge in [-0.1, -0.05) is 0 Å². The summed E-state index contributed by atoms with van der Waals surface area (Å²) in [6.45, 7) is 2.83. The van der Waals surface area contributed by atoms with E-state index in [9.17, 15) is 9.90 Å². The Morgan fingerprint density at radius 2 is 2.35 bits per heavy atom. The molecule has 1 unspecified atom stereocenters. The Morgan fingerprint density at radius 1 is 1.59 bits per heavy atom. The molecule has 0 spiro atoms. The Bertz CT molecular complexity index is 417. The number of aromatic nitrogens is 1. The van der Waals surface area contributed by atoms with Crippen LogP contribution in [0.2, 0.25) is 0 Å². The van der Waals surface area contributed by atoms with Crippen molar-refractivity contribution >= 4 is 21.8 Å². The number of likely N-dealkylation sites (tertiary alicyclic amines) is 1. The van der Waals surface area contributed by atoms with Gasteiger partial charge in [0.15, 0.2) is 0 Å². The number of aliphatic hydroxyl groups is 1. The molecule has 17 heavy (non-hydrogen) atoms. The number of hydrogen-bond donors (Lipinski definition) is 1. The first-order valence-corrected chi connectivity index (χ1v) is 6.40. The molecule has 5 heteroatoms. The fourth-order valence-electron chi connectivity index (χ4n) is 2.06. The summed E-state index contributed by atoms with van der Waals surface area (Å²) >= 11 is 3.28. The van der Waals surface area contributed by atoms with Crippen LogP contribution in [-0.4, -0.2) is 39.6 Å². The third kappa shape index (κ3) is 3.04. The molecule has 0 aliphatic carbocycles. The van der Waals surface area contributed by atoms with E-state index in [0.717, 1.165) is 17.3 Å². The molecule has 1 aromatic heterocycles. The van der Waals surface area contributed by atoms with Crippen LogP contribution < -0.4 is 0 Å². The number of carbonyl (C=O) groups is 1. The standard InChI is InChI=1S/C12H15BrN2O2/c1-12(17)5-2-6-15(8-12)11(16)10-4-3-9(13)7-14-10/h3-4,7,17H,2,5-6,8H2,1H3. The van der Waals surface area contributed by atoms with Crippen molar-refractivity contribution in [2.45, 2.75) is 25.4 Å². The molecule has 0 saturated carbocycles. The van der Waals surface area contributed by atoms with Crippen LogP contribution in [0, 0.1) is 0 Å². The van der Waals surface area contributed by atoms with Gasteiger partial charge in [-0.05, 0) is 47.8 Å². The van der Waals surface area contributed by atoms with Crippen molar-refractivity contribution in [3.8, 4) is 0 Å². The van der Waals surface area contributed by atoms with Crippen molar-refractivity contribution in [1.29, 1.82) is 0 Å². The number of nitrogens with zero attached hydrogens (tertiary/aromatic N) is 2. The first-order chi connectivity index (χ1) is 7.98. The normalized spacial score (nSPS) is 24.8. The van der Waals surface area contributed by atoms with Crippen molar-refractivity contribution < 1.29 is 9.90 Å². The minimum atomic E-state index is -0.775. The van der Waals surface area contributed by atoms with Gasteiger partial charge in [0, 0.05) is 23.8 Å². The van der Waals surface area contributed by atoms with E-state index < -0.39 is 5.60 Å². The number of piperidine rings is 1. The van der Waals surface area contributed by atoms with Crippen LogP contribution in [0.5, 0.6) is 0 Å². The number of halogens is 1. The topological polar surface area (TPSA) is 53.4 Å². The molecule has 1 N–H and O–H groups in total. The maximum atomic E-state index is 12.1. The van der Waals surface area contributed by atoms with Gasteiger partial charge in [0.2, 0.25) is 0 Å². The van der Waals surface area contributed by atoms with Gasteiger partial charge in [-0.2, -0.15) is 0 Å². The quantitative estimate of drug-likeness (QED) is 0.861. The van der Waals surface area contributed by atoms with E-state index in [0.29, 0.717) is 18.8 Å². The highest BCUT2D eigenvalue weighted by Crippen LogP contribution is 2.21. The van der Waals surface area contributed by atoms with E-state index in [4.69, 9.17) is 0 Å². The number of pyridine rings is 1. The van der Waals surface area contributed by atoms with Gasteiger partial charge in [-0.3, -0.25) is 4.79 Å². The fourth-order valence-corrected chi connectivity index (χ4v) is 2.29. The molecule has 1 aliphatic rings. The van der Waals surface area contributed by atoms with Crippen LogP contribution in [0.15, 0.2) is 22.8 Å². The average Bonchev–Trinajstić information content (AvgIpc) is 2.28. The second-order valence-electron chi connectivity index (χ2n) is 4.69. The predicted molar refractivity (Wildman–Crippen MR) is 67.7 cm³/mol. The highest BCUT2D eigenvalue weighted by atomic mass is 79.9. The second kappa shape index (κ2) is 4.74. The highest BCUT2D eigenvalue weighted by molar-refractivity contribution is 9.10. The van der Waals surface area contributed by atoms with E-state index in [1.54, 1.807) is 30.2 Å². The summed E-state index contributed by atoms with van der Waals surface area (Å²) in [5.74, 6) is -0.113. The van der Waals surface area contributed by atoms with Crippen LogP contribution in [0.3, 0.4) is 0 Å². The molecule has 1 aromatic rings. The number of β-amino-alcohol motifs (C(OH)–C–C–N with tert-alkyl or cyclic N) is 1. The van der Waals surface area contributed by atoms with E-state index in [2.05, 4.69) is 20.9 Å². The molecule has 1 amide bonds. The van der Waals surface area contributed by atoms with Crippen molar-refractivity contribution in [1.82, 2.24) is 9.88 Å². The predicted octanol–water partition coefficient (Wildman–Crippen LogP) is 1.83. The second-order valence-corrected chi connectivity index (χ2v) is 5.60. The zero-order chi connectivity index (χ0) is 12.5. The van der Waals surface area contributed by atoms with Gasteiger partial charge in [0.25, 0.3) is 5.91 Å². The summed E-state index contributed by atoms with van der Waals surface area (Å²) < 4.78 is 0.847. The number of amides is 1. The zero-order valence-corrected chi connectivity index (χ0v) is 11.3. The Balaban J connectivity index is 2.12. The smallest absolute Gasteiger partial charge is 0.272 e. The number of carbonyl (C=O) groups excluding carboxylic acids is 1. The maximum absolute atomic E-state index is 12.1. The van der Waals surface area contributed by atoms with Crippen molar-refractivity contribution in [3.05, 3.63) is 28.5 Å². The van der Waals surface area contributed by atoms with Crippen LogP contribution in [-0.2, 0) is 0 Å². The largest absolute Gasteiger partial charge is 0.388 e. The van der Waals surface area contributed by atoms with E-state index in [1.807, 2.05) is 0 Å². The minimum Gasteiger partial charge on any atom is -0.388 e. The summed E-state index contributed by atoms with van der Waals surface area (Å²) in [4.78, 5) is 17.9. The van der Waals surface area contributed by atoms with Gasteiger partial charge < -0.3 is 10.0 Å². The van der Waals surface area contributed by atoms with Gasteiger partial charge in [0.1, 0.15) is 5.69 Å². The molecule has 0 aromatic carbocycles. The van der Waals surface area contributed by atoms with Crippen LogP contribution in [0.1, 0.15) is 30.3 Å². The molecule has 1 atom stereocenters. The Morgan fingerprint density at radius 3 is 2.94 bits per heavy atom. The van der Waals surface area contributed by atoms with E-state index >= 15 is 0 Å². The van der Waals surface area contributed by atoms with Gasteiger partial charge >= 0.3 is 0 Å². The van der Waals surface area contributed by atoms with Gasteiger partial charge in [0.05, 0.1) is 5.60 Å². The fraction of sp³-hybridized carbons (Fsp3) is 0.500. The van der Waals surface area contributed by atoms with Gasteiger partial charge in [-0.15, -0.1) is 0 Å². The van der Waals surface area contributed by atoms with Crippen LogP contribution >= 0.6 is 15.9 Å². The lowest BCUT2D eigenvalue weighted by atomic mass is 9.95. The summed E-state index contributed by atoms with van der Waals surface area (Å²) in [5, 5.41) is 9.96. The summed E-state index contributed by atoms with van der Waals surface area (Å²) in [6, 6.07) is 3.48. The number of hydrogen-bond acceptors (Lipinski definition) is 3. The Hall–Kier alpha value is -0.940. The molecule has 2 heterocycles. The molecule has 0 radical (unpaired) electrons. The molecule has 2 rings (SSSR count). The van der Waals surface area contributed by atoms with Crippen molar-refractivity contribution in [2.24, 2.45) is 0 Å². The molecule has 92 valence electrons. The highest BCUT2D eigenvalue weighted by Gasteiger charge is 2.31. The first-order valence-electron chi connectivity index (χ1n) is 5.61. The molecular formula is C12H15BrN2O2. The lowest BCUT2D eigenvalue weighted by Crippen LogP contribution is -2.48. The zero-order valence-electron chi connectivity index (χ0n) is 9.69. The molecule has 1 fully saturated rings. The number of rotatable bonds is 1. The van der Waals surface area contributed by atoms with E-state index in [-0.39, 0.29) is 5.91 Å². The minimum absolute atomic E-state index is 0.113. The van der Waals surface area contributed by atoms with Crippen molar-refractivity contribution in [3.63, 3.8) is 0 Å². The third-order valence-electron chi connectivity index (χ3n) is 2.91. The van der Waals surface area contributed by atoms with Crippen molar-refractivity contribution in [2.75, 3.05) is 13.1 Å². The van der Waals surface area contributed by atoms with Crippen LogP contribution in [0.4, 0.5) is 0 Å². The van der Waals surface area contributed by atoms with Crippen LogP contribution in [0.25, 0.3) is 0 Å². The molecule has 0 bridgehead atoms. The Kier molecular flexibility index (Phi) is 3.49. The van der Waals surface area contributed by atoms with Gasteiger partial charge in [-0.25, -0.2) is 4.98 Å². The SMILES string of the molecule is CC1(O)CCCN(C(=O)c2ccc(Br)cn2)C1. The summed E-state index contributed by atoms with van der Waals surface area (Å²) in [6.07, 6.45) is 3.18. The molecule has 1 saturated heterocycles. The first kappa shape index (κ1) is 12.5. The summed E-state index contributed by atoms with van der Waals surface area (Å²) in [5.41, 5.74) is -0.352. The monoisotopic (exact) mass is 298 g/mol. The third-order valence-corrected chi connectivity index (χ3v) is 3.38. The maximum Gasteiger partial charge on any atom is 0.272 e. The molecular weight excluding hydrogens is 284 g/mol.